The molecule has 0 unspecified atom stereocenters. The van der Waals surface area contributed by atoms with E-state index in [0.29, 0.717) is 33.7 Å². The van der Waals surface area contributed by atoms with Gasteiger partial charge in [0.25, 0.3) is 5.91 Å². The van der Waals surface area contributed by atoms with Crippen LogP contribution in [0.1, 0.15) is 23.4 Å². The molecule has 3 heterocycles. The Morgan fingerprint density at radius 1 is 1.44 bits per heavy atom. The molecule has 1 aliphatic rings. The minimum Gasteiger partial charge on any atom is -0.302 e. The lowest BCUT2D eigenvalue weighted by Gasteiger charge is -2.13. The number of hydrogen-bond acceptors (Lipinski definition) is 7. The summed E-state index contributed by atoms with van der Waals surface area (Å²) in [7, 11) is 0. The van der Waals surface area contributed by atoms with Crippen molar-refractivity contribution in [2.45, 2.75) is 19.8 Å². The Hall–Kier alpha value is -1.55. The van der Waals surface area contributed by atoms with Crippen molar-refractivity contribution in [2.24, 2.45) is 0 Å². The molecule has 3 rings (SSSR count). The van der Waals surface area contributed by atoms with Gasteiger partial charge in [-0.25, -0.2) is 4.98 Å². The maximum Gasteiger partial charge on any atom is 0.266 e. The number of thiazole rings is 1. The Bertz CT molecular complexity index is 826. The predicted molar refractivity (Wildman–Crippen MR) is 109 cm³/mol. The number of carbonyl (C=O) groups is 2. The zero-order valence-electron chi connectivity index (χ0n) is 13.4. The number of carbonyl (C=O) groups excluding carboxylic acids is 2. The Balaban J connectivity index is 1.50. The van der Waals surface area contributed by atoms with Crippen molar-refractivity contribution in [1.29, 1.82) is 0 Å². The van der Waals surface area contributed by atoms with Gasteiger partial charge >= 0.3 is 0 Å². The van der Waals surface area contributed by atoms with Crippen LogP contribution in [0.2, 0.25) is 0 Å². The summed E-state index contributed by atoms with van der Waals surface area (Å²) in [6, 6.07) is 3.90. The molecule has 1 N–H and O–H groups in total. The van der Waals surface area contributed by atoms with Crippen LogP contribution in [0.15, 0.2) is 27.8 Å². The first-order valence-electron chi connectivity index (χ1n) is 7.54. The summed E-state index contributed by atoms with van der Waals surface area (Å²) in [5.41, 5.74) is 0.885. The van der Waals surface area contributed by atoms with Crippen LogP contribution in [0.4, 0.5) is 5.13 Å². The second-order valence-electron chi connectivity index (χ2n) is 5.29. The average molecular weight is 410 g/mol. The number of anilines is 1. The highest BCUT2D eigenvalue weighted by Crippen LogP contribution is 2.33. The van der Waals surface area contributed by atoms with Gasteiger partial charge in [-0.15, -0.1) is 22.7 Å². The van der Waals surface area contributed by atoms with Crippen LogP contribution in [0, 0.1) is 6.92 Å². The van der Waals surface area contributed by atoms with E-state index in [1.807, 2.05) is 35.9 Å². The monoisotopic (exact) mass is 409 g/mol. The van der Waals surface area contributed by atoms with Gasteiger partial charge in [0.05, 0.1) is 10.6 Å². The molecule has 1 saturated heterocycles. The average Bonchev–Trinajstić information content (AvgIpc) is 3.26. The summed E-state index contributed by atoms with van der Waals surface area (Å²) in [5.74, 6) is -0.187. The molecular weight excluding hydrogens is 394 g/mol. The maximum atomic E-state index is 12.5. The van der Waals surface area contributed by atoms with Crippen molar-refractivity contribution in [3.05, 3.63) is 38.4 Å². The highest BCUT2D eigenvalue weighted by molar-refractivity contribution is 8.26. The van der Waals surface area contributed by atoms with Gasteiger partial charge in [0, 0.05) is 23.2 Å². The van der Waals surface area contributed by atoms with E-state index in [9.17, 15) is 9.59 Å². The summed E-state index contributed by atoms with van der Waals surface area (Å²) in [6.45, 7) is 2.32. The van der Waals surface area contributed by atoms with Crippen LogP contribution in [0.3, 0.4) is 0 Å². The lowest BCUT2D eigenvalue weighted by molar-refractivity contribution is -0.122. The number of thiophene rings is 1. The molecule has 9 heteroatoms. The van der Waals surface area contributed by atoms with E-state index >= 15 is 0 Å². The Labute approximate surface area is 163 Å². The molecular formula is C16H15N3O2S4. The molecule has 25 heavy (non-hydrogen) atoms. The lowest BCUT2D eigenvalue weighted by atomic mass is 10.2. The number of nitrogens with zero attached hydrogens (tertiary/aromatic N) is 2. The van der Waals surface area contributed by atoms with Gasteiger partial charge < -0.3 is 5.32 Å². The minimum atomic E-state index is -0.103. The number of thioether (sulfide) groups is 1. The van der Waals surface area contributed by atoms with Gasteiger partial charge in [-0.1, -0.05) is 30.0 Å². The third kappa shape index (κ3) is 4.75. The fraction of sp³-hybridized carbons (Fsp3) is 0.250. The van der Waals surface area contributed by atoms with Crippen molar-refractivity contribution >= 4 is 74.0 Å². The predicted octanol–water partition coefficient (Wildman–Crippen LogP) is 4.13. The van der Waals surface area contributed by atoms with Crippen molar-refractivity contribution in [3.8, 4) is 0 Å². The zero-order chi connectivity index (χ0) is 17.8. The van der Waals surface area contributed by atoms with Gasteiger partial charge in [0.15, 0.2) is 5.13 Å². The Morgan fingerprint density at radius 3 is 2.96 bits per heavy atom. The van der Waals surface area contributed by atoms with Crippen LogP contribution in [-0.4, -0.2) is 32.6 Å². The van der Waals surface area contributed by atoms with E-state index in [0.717, 1.165) is 10.6 Å². The minimum absolute atomic E-state index is 0.0839. The number of thiocarbonyl (C=S) groups is 1. The van der Waals surface area contributed by atoms with Crippen molar-refractivity contribution < 1.29 is 9.59 Å². The third-order valence-electron chi connectivity index (χ3n) is 3.34. The number of aryl methyl sites for hydroxylation is 1. The molecule has 0 radical (unpaired) electrons. The van der Waals surface area contributed by atoms with E-state index in [1.54, 1.807) is 16.2 Å². The lowest BCUT2D eigenvalue weighted by Crippen LogP contribution is -2.29. The largest absolute Gasteiger partial charge is 0.302 e. The fourth-order valence-electron chi connectivity index (χ4n) is 2.19. The molecule has 2 aromatic heterocycles. The zero-order valence-corrected chi connectivity index (χ0v) is 16.6. The van der Waals surface area contributed by atoms with Crippen molar-refractivity contribution in [1.82, 2.24) is 9.88 Å². The number of amides is 2. The second-order valence-corrected chi connectivity index (χ2v) is 8.81. The van der Waals surface area contributed by atoms with Crippen LogP contribution >= 0.6 is 46.7 Å². The molecule has 0 aliphatic carbocycles. The molecule has 0 spiro atoms. The third-order valence-corrected chi connectivity index (χ3v) is 6.41. The molecule has 0 saturated carbocycles. The number of rotatable bonds is 6. The summed E-state index contributed by atoms with van der Waals surface area (Å²) < 4.78 is 0.545. The Morgan fingerprint density at radius 2 is 2.28 bits per heavy atom. The highest BCUT2D eigenvalue weighted by atomic mass is 32.2. The molecule has 1 fully saturated rings. The molecule has 0 aromatic carbocycles. The number of aromatic nitrogens is 1. The molecule has 0 atom stereocenters. The molecule has 2 aromatic rings. The molecule has 130 valence electrons. The quantitative estimate of drug-likeness (QED) is 0.574. The summed E-state index contributed by atoms with van der Waals surface area (Å²) in [6.07, 6.45) is 2.73. The van der Waals surface area contributed by atoms with E-state index in [1.165, 1.54) is 23.1 Å². The van der Waals surface area contributed by atoms with Crippen LogP contribution < -0.4 is 5.32 Å². The number of nitrogens with one attached hydrogen (secondary N) is 1. The highest BCUT2D eigenvalue weighted by Gasteiger charge is 2.31. The first-order chi connectivity index (χ1) is 12.0. The topological polar surface area (TPSA) is 62.3 Å². The van der Waals surface area contributed by atoms with Gasteiger partial charge in [0.2, 0.25) is 5.91 Å². The molecule has 5 nitrogen and oxygen atoms in total. The van der Waals surface area contributed by atoms with Crippen molar-refractivity contribution in [2.75, 3.05) is 11.9 Å². The molecule has 2 amide bonds. The van der Waals surface area contributed by atoms with Crippen molar-refractivity contribution in [3.63, 3.8) is 0 Å². The standard InChI is InChI=1S/C16H15N3O2S4/c1-10-9-24-15(17-10)18-13(20)5-2-6-19-14(21)12(25-16(19)22)8-11-4-3-7-23-11/h3-4,7-9H,2,5-6H2,1H3,(H,17,18,20). The van der Waals surface area contributed by atoms with E-state index < -0.39 is 0 Å². The van der Waals surface area contributed by atoms with E-state index in [-0.39, 0.29) is 11.8 Å². The first kappa shape index (κ1) is 18.2. The SMILES string of the molecule is Cc1csc(NC(=O)CCCN2C(=O)C(=Cc3cccs3)SC2=S)n1. The first-order valence-corrected chi connectivity index (χ1v) is 10.5. The number of hydrogen-bond donors (Lipinski definition) is 1. The van der Waals surface area contributed by atoms with Gasteiger partial charge in [0.1, 0.15) is 4.32 Å². The normalized spacial score (nSPS) is 16.0. The van der Waals surface area contributed by atoms with Crippen LogP contribution in [0.5, 0.6) is 0 Å². The van der Waals surface area contributed by atoms with Gasteiger partial charge in [-0.05, 0) is 30.9 Å². The summed E-state index contributed by atoms with van der Waals surface area (Å²) in [5, 5.41) is 7.22. The van der Waals surface area contributed by atoms with Crippen LogP contribution in [-0.2, 0) is 9.59 Å². The maximum absolute atomic E-state index is 12.5. The van der Waals surface area contributed by atoms with Gasteiger partial charge in [-0.2, -0.15) is 0 Å². The fourth-order valence-corrected chi connectivity index (χ4v) is 4.92. The second kappa shape index (κ2) is 8.22. The van der Waals surface area contributed by atoms with Gasteiger partial charge in [-0.3, -0.25) is 14.5 Å². The van der Waals surface area contributed by atoms with Crippen LogP contribution in [0.25, 0.3) is 6.08 Å². The summed E-state index contributed by atoms with van der Waals surface area (Å²) in [4.78, 5) is 31.8. The smallest absolute Gasteiger partial charge is 0.266 e. The van der Waals surface area contributed by atoms with E-state index in [2.05, 4.69) is 10.3 Å². The van der Waals surface area contributed by atoms with E-state index in [4.69, 9.17) is 12.2 Å². The Kier molecular flexibility index (Phi) is 6.00. The molecule has 1 aliphatic heterocycles. The molecule has 0 bridgehead atoms. The summed E-state index contributed by atoms with van der Waals surface area (Å²) >= 11 is 9.59.